The molecule has 3 aromatic rings. The van der Waals surface area contributed by atoms with Gasteiger partial charge in [0.1, 0.15) is 12.1 Å². The summed E-state index contributed by atoms with van der Waals surface area (Å²) in [6.07, 6.45) is 2.04. The molecule has 1 heterocycles. The van der Waals surface area contributed by atoms with Gasteiger partial charge in [-0.15, -0.1) is 0 Å². The van der Waals surface area contributed by atoms with E-state index in [0.29, 0.717) is 0 Å². The van der Waals surface area contributed by atoms with Crippen LogP contribution in [0.1, 0.15) is 42.7 Å². The predicted octanol–water partition coefficient (Wildman–Crippen LogP) is 4.00. The maximum atomic E-state index is 12.9. The third kappa shape index (κ3) is 4.28. The van der Waals surface area contributed by atoms with Crippen LogP contribution < -0.4 is 11.1 Å². The first kappa shape index (κ1) is 23.1. The molecule has 0 amide bonds. The summed E-state index contributed by atoms with van der Waals surface area (Å²) in [5.41, 5.74) is 6.96. The molecule has 7 heteroatoms. The van der Waals surface area contributed by atoms with Gasteiger partial charge < -0.3 is 20.9 Å². The van der Waals surface area contributed by atoms with Crippen molar-refractivity contribution in [2.24, 2.45) is 11.7 Å². The van der Waals surface area contributed by atoms with Crippen molar-refractivity contribution in [2.45, 2.75) is 49.8 Å². The van der Waals surface area contributed by atoms with E-state index in [1.54, 1.807) is 0 Å². The summed E-state index contributed by atoms with van der Waals surface area (Å²) in [5, 5.41) is 15.8. The second-order valence-electron chi connectivity index (χ2n) is 9.61. The van der Waals surface area contributed by atoms with Crippen molar-refractivity contribution >= 4 is 34.2 Å². The number of benzene rings is 3. The van der Waals surface area contributed by atoms with Crippen LogP contribution in [0.4, 0.5) is 5.69 Å². The zero-order chi connectivity index (χ0) is 24.6. The number of carbonyl (C=O) groups is 3. The van der Waals surface area contributed by atoms with Crippen molar-refractivity contribution < 1.29 is 24.2 Å². The molecular weight excluding hydrogens is 444 g/mol. The zero-order valence-corrected chi connectivity index (χ0v) is 19.3. The predicted molar refractivity (Wildman–Crippen MR) is 132 cm³/mol. The summed E-state index contributed by atoms with van der Waals surface area (Å²) in [5.74, 6) is -3.92. The van der Waals surface area contributed by atoms with Gasteiger partial charge in [-0.05, 0) is 52.8 Å². The maximum Gasteiger partial charge on any atom is 0.375 e. The van der Waals surface area contributed by atoms with E-state index in [2.05, 4.69) is 5.32 Å². The number of rotatable bonds is 7. The average Bonchev–Trinajstić information content (AvgIpc) is 3.33. The molecule has 2 aliphatic rings. The van der Waals surface area contributed by atoms with Gasteiger partial charge in [-0.2, -0.15) is 0 Å². The zero-order valence-electron chi connectivity index (χ0n) is 19.3. The molecule has 4 atom stereocenters. The lowest BCUT2D eigenvalue weighted by molar-refractivity contribution is -0.157. The van der Waals surface area contributed by atoms with Gasteiger partial charge in [-0.1, -0.05) is 61.0 Å². The Bertz CT molecular complexity index is 1310. The Morgan fingerprint density at radius 3 is 2.54 bits per heavy atom. The molecule has 7 nitrogen and oxygen atoms in total. The molecule has 1 fully saturated rings. The van der Waals surface area contributed by atoms with Gasteiger partial charge >= 0.3 is 11.9 Å². The second-order valence-corrected chi connectivity index (χ2v) is 9.61. The summed E-state index contributed by atoms with van der Waals surface area (Å²) in [4.78, 5) is 38.0. The number of fused-ring (bicyclic) bond motifs is 3. The van der Waals surface area contributed by atoms with Crippen LogP contribution >= 0.6 is 0 Å². The Morgan fingerprint density at radius 2 is 1.74 bits per heavy atom. The number of nitrogens with two attached hydrogens (primary N) is 1. The van der Waals surface area contributed by atoms with Crippen molar-refractivity contribution in [1.82, 2.24) is 0 Å². The SMILES string of the molecule is NC(CC(=O)C(=O)OCc1ccc2ccccc2c1)(C(=O)O)C1c2ccccc2NC2CCCC21. The summed E-state index contributed by atoms with van der Waals surface area (Å²) in [7, 11) is 0. The molecule has 0 spiro atoms. The highest BCUT2D eigenvalue weighted by molar-refractivity contribution is 6.34. The van der Waals surface area contributed by atoms with E-state index in [-0.39, 0.29) is 18.6 Å². The lowest BCUT2D eigenvalue weighted by atomic mass is 9.66. The Morgan fingerprint density at radius 1 is 1.00 bits per heavy atom. The highest BCUT2D eigenvalue weighted by atomic mass is 16.5. The molecule has 180 valence electrons. The summed E-state index contributed by atoms with van der Waals surface area (Å²) in [6.45, 7) is -0.0824. The number of ketones is 1. The summed E-state index contributed by atoms with van der Waals surface area (Å²) >= 11 is 0. The van der Waals surface area contributed by atoms with E-state index in [1.165, 1.54) is 0 Å². The molecule has 0 bridgehead atoms. The van der Waals surface area contributed by atoms with E-state index in [4.69, 9.17) is 10.5 Å². The number of hydrogen-bond acceptors (Lipinski definition) is 6. The molecular formula is C28H28N2O5. The number of carboxylic acid groups (broad SMARTS) is 1. The molecule has 35 heavy (non-hydrogen) atoms. The second kappa shape index (κ2) is 9.15. The van der Waals surface area contributed by atoms with Crippen molar-refractivity contribution in [2.75, 3.05) is 5.32 Å². The Balaban J connectivity index is 1.35. The fraction of sp³-hybridized carbons (Fsp3) is 0.321. The van der Waals surface area contributed by atoms with Crippen LogP contribution in [0.25, 0.3) is 10.8 Å². The molecule has 5 rings (SSSR count). The summed E-state index contributed by atoms with van der Waals surface area (Å²) in [6, 6.07) is 21.0. The van der Waals surface area contributed by atoms with Gasteiger partial charge in [0.25, 0.3) is 0 Å². The monoisotopic (exact) mass is 472 g/mol. The summed E-state index contributed by atoms with van der Waals surface area (Å²) < 4.78 is 5.26. The maximum absolute atomic E-state index is 12.9. The molecule has 4 unspecified atom stereocenters. The van der Waals surface area contributed by atoms with Crippen LogP contribution in [0.15, 0.2) is 66.7 Å². The first-order chi connectivity index (χ1) is 16.9. The lowest BCUT2D eigenvalue weighted by Crippen LogP contribution is -2.59. The molecule has 0 radical (unpaired) electrons. The molecule has 4 N–H and O–H groups in total. The standard InChI is InChI=1S/C28H28N2O5/c29-28(27(33)34,25-20-8-3-4-10-22(20)30-23-11-5-9-21(23)25)15-24(31)26(32)35-16-17-12-13-18-6-1-2-7-19(18)14-17/h1-4,6-8,10,12-14,21,23,25,30H,5,9,11,15-16,29H2,(H,33,34). The van der Waals surface area contributed by atoms with Crippen LogP contribution in [0.2, 0.25) is 0 Å². The molecule has 1 aliphatic heterocycles. The minimum atomic E-state index is -1.93. The first-order valence-electron chi connectivity index (χ1n) is 11.9. The molecule has 3 aromatic carbocycles. The number of anilines is 1. The van der Waals surface area contributed by atoms with E-state index < -0.39 is 35.6 Å². The van der Waals surface area contributed by atoms with Gasteiger partial charge in [0, 0.05) is 24.1 Å². The largest absolute Gasteiger partial charge is 0.480 e. The number of carboxylic acids is 1. The van der Waals surface area contributed by atoms with Gasteiger partial charge in [-0.25, -0.2) is 4.79 Å². The molecule has 1 saturated carbocycles. The van der Waals surface area contributed by atoms with Crippen LogP contribution in [0, 0.1) is 5.92 Å². The minimum absolute atomic E-state index is 0.0348. The molecule has 0 saturated heterocycles. The number of hydrogen-bond donors (Lipinski definition) is 3. The van der Waals surface area contributed by atoms with Crippen LogP contribution in [-0.4, -0.2) is 34.4 Å². The van der Waals surface area contributed by atoms with Crippen molar-refractivity contribution in [3.05, 3.63) is 77.9 Å². The number of aliphatic carboxylic acids is 1. The average molecular weight is 473 g/mol. The highest BCUT2D eigenvalue weighted by Gasteiger charge is 2.54. The van der Waals surface area contributed by atoms with Gasteiger partial charge in [0.05, 0.1) is 0 Å². The number of carbonyl (C=O) groups excluding carboxylic acids is 2. The minimum Gasteiger partial charge on any atom is -0.480 e. The molecule has 1 aliphatic carbocycles. The van der Waals surface area contributed by atoms with Crippen molar-refractivity contribution in [3.63, 3.8) is 0 Å². The molecule has 0 aromatic heterocycles. The van der Waals surface area contributed by atoms with E-state index >= 15 is 0 Å². The number of esters is 1. The van der Waals surface area contributed by atoms with Crippen LogP contribution in [0.5, 0.6) is 0 Å². The third-order valence-electron chi connectivity index (χ3n) is 7.45. The van der Waals surface area contributed by atoms with E-state index in [9.17, 15) is 19.5 Å². The van der Waals surface area contributed by atoms with Gasteiger partial charge in [0.2, 0.25) is 5.78 Å². The number of ether oxygens (including phenoxy) is 1. The van der Waals surface area contributed by atoms with E-state index in [1.807, 2.05) is 66.7 Å². The van der Waals surface area contributed by atoms with Crippen molar-refractivity contribution in [1.29, 1.82) is 0 Å². The smallest absolute Gasteiger partial charge is 0.375 e. The van der Waals surface area contributed by atoms with Crippen LogP contribution in [-0.2, 0) is 25.7 Å². The highest BCUT2D eigenvalue weighted by Crippen LogP contribution is 2.50. The topological polar surface area (TPSA) is 119 Å². The lowest BCUT2D eigenvalue weighted by Gasteiger charge is -2.44. The first-order valence-corrected chi connectivity index (χ1v) is 11.9. The Hall–Kier alpha value is -3.71. The number of para-hydroxylation sites is 1. The number of Topliss-reactive ketones (excluding diaryl/α,β-unsaturated/α-hetero) is 1. The van der Waals surface area contributed by atoms with Gasteiger partial charge in [-0.3, -0.25) is 9.59 Å². The quantitative estimate of drug-likeness (QED) is 0.351. The number of nitrogens with one attached hydrogen (secondary N) is 1. The Labute approximate surface area is 203 Å². The Kier molecular flexibility index (Phi) is 6.03. The normalized spacial score (nSPS) is 22.4. The van der Waals surface area contributed by atoms with E-state index in [0.717, 1.165) is 46.8 Å². The fourth-order valence-corrected chi connectivity index (χ4v) is 5.77. The van der Waals surface area contributed by atoms with Crippen molar-refractivity contribution in [3.8, 4) is 0 Å². The van der Waals surface area contributed by atoms with Crippen LogP contribution in [0.3, 0.4) is 0 Å². The third-order valence-corrected chi connectivity index (χ3v) is 7.45. The fourth-order valence-electron chi connectivity index (χ4n) is 5.77. The van der Waals surface area contributed by atoms with Gasteiger partial charge in [0.15, 0.2) is 0 Å².